The van der Waals surface area contributed by atoms with Crippen molar-refractivity contribution in [3.8, 4) is 11.8 Å². The second kappa shape index (κ2) is 4.33. The van der Waals surface area contributed by atoms with E-state index < -0.39 is 5.67 Å². The molecular formula is C14H20FN. The van der Waals surface area contributed by atoms with E-state index in [9.17, 15) is 4.39 Å². The van der Waals surface area contributed by atoms with Gasteiger partial charge in [-0.05, 0) is 40.7 Å². The van der Waals surface area contributed by atoms with Crippen molar-refractivity contribution in [3.63, 3.8) is 0 Å². The van der Waals surface area contributed by atoms with Gasteiger partial charge in [0.25, 0.3) is 0 Å². The third kappa shape index (κ3) is 3.73. The molecule has 0 amide bonds. The highest BCUT2D eigenvalue weighted by atomic mass is 19.1. The van der Waals surface area contributed by atoms with Gasteiger partial charge in [0, 0.05) is 23.2 Å². The standard InChI is InChI=1S/C14H20FN/c1-6-7-11-10-14(5,15)9-8-12(11)16-13(2,3)4/h8,10,16H,9H2,1-5H3. The zero-order valence-corrected chi connectivity index (χ0v) is 10.7. The van der Waals surface area contributed by atoms with Crippen molar-refractivity contribution in [3.05, 3.63) is 23.4 Å². The zero-order chi connectivity index (χ0) is 12.4. The van der Waals surface area contributed by atoms with E-state index in [0.29, 0.717) is 6.42 Å². The molecule has 0 saturated heterocycles. The van der Waals surface area contributed by atoms with Crippen molar-refractivity contribution in [1.82, 2.24) is 5.32 Å². The Bertz CT molecular complexity index is 383. The zero-order valence-electron chi connectivity index (χ0n) is 10.7. The fourth-order valence-corrected chi connectivity index (χ4v) is 1.61. The third-order valence-electron chi connectivity index (χ3n) is 2.21. The molecule has 0 saturated carbocycles. The molecule has 16 heavy (non-hydrogen) atoms. The summed E-state index contributed by atoms with van der Waals surface area (Å²) >= 11 is 0. The molecule has 1 nitrogen and oxygen atoms in total. The van der Waals surface area contributed by atoms with E-state index in [1.54, 1.807) is 19.9 Å². The van der Waals surface area contributed by atoms with Crippen LogP contribution in [0.5, 0.6) is 0 Å². The molecule has 0 radical (unpaired) electrons. The third-order valence-corrected chi connectivity index (χ3v) is 2.21. The molecular weight excluding hydrogens is 201 g/mol. The molecule has 88 valence electrons. The maximum atomic E-state index is 13.8. The van der Waals surface area contributed by atoms with Gasteiger partial charge in [-0.25, -0.2) is 4.39 Å². The fraction of sp³-hybridized carbons (Fsp3) is 0.571. The Morgan fingerprint density at radius 1 is 1.44 bits per heavy atom. The van der Waals surface area contributed by atoms with E-state index in [4.69, 9.17) is 0 Å². The molecule has 0 bridgehead atoms. The van der Waals surface area contributed by atoms with E-state index in [-0.39, 0.29) is 5.54 Å². The minimum atomic E-state index is -1.28. The molecule has 0 aliphatic heterocycles. The number of halogens is 1. The maximum absolute atomic E-state index is 13.8. The van der Waals surface area contributed by atoms with Crippen LogP contribution >= 0.6 is 0 Å². The van der Waals surface area contributed by atoms with Gasteiger partial charge < -0.3 is 5.32 Å². The molecule has 0 fully saturated rings. The maximum Gasteiger partial charge on any atom is 0.131 e. The molecule has 0 aromatic heterocycles. The van der Waals surface area contributed by atoms with Crippen molar-refractivity contribution in [2.45, 2.75) is 52.2 Å². The Morgan fingerprint density at radius 3 is 2.56 bits per heavy atom. The first-order chi connectivity index (χ1) is 7.23. The summed E-state index contributed by atoms with van der Waals surface area (Å²) in [7, 11) is 0. The number of rotatable bonds is 1. The van der Waals surface area contributed by atoms with Crippen LogP contribution in [0, 0.1) is 11.8 Å². The van der Waals surface area contributed by atoms with Crippen LogP contribution in [0.2, 0.25) is 0 Å². The van der Waals surface area contributed by atoms with Crippen LogP contribution in [0.3, 0.4) is 0 Å². The van der Waals surface area contributed by atoms with Gasteiger partial charge in [0.05, 0.1) is 0 Å². The fourth-order valence-electron chi connectivity index (χ4n) is 1.61. The smallest absolute Gasteiger partial charge is 0.131 e. The molecule has 1 atom stereocenters. The first-order valence-corrected chi connectivity index (χ1v) is 5.57. The summed E-state index contributed by atoms with van der Waals surface area (Å²) in [5.74, 6) is 5.78. The second-order valence-electron chi connectivity index (χ2n) is 5.41. The predicted molar refractivity (Wildman–Crippen MR) is 66.6 cm³/mol. The van der Waals surface area contributed by atoms with Crippen molar-refractivity contribution >= 4 is 0 Å². The molecule has 0 spiro atoms. The number of hydrogen-bond donors (Lipinski definition) is 1. The highest BCUT2D eigenvalue weighted by molar-refractivity contribution is 5.48. The van der Waals surface area contributed by atoms with Crippen LogP contribution in [0.15, 0.2) is 23.4 Å². The number of hydrogen-bond acceptors (Lipinski definition) is 1. The molecule has 1 rings (SSSR count). The van der Waals surface area contributed by atoms with Crippen LogP contribution in [-0.2, 0) is 0 Å². The largest absolute Gasteiger partial charge is 0.380 e. The van der Waals surface area contributed by atoms with Crippen molar-refractivity contribution in [2.24, 2.45) is 0 Å². The van der Waals surface area contributed by atoms with Crippen LogP contribution in [0.25, 0.3) is 0 Å². The Balaban J connectivity index is 2.97. The summed E-state index contributed by atoms with van der Waals surface area (Å²) < 4.78 is 13.8. The van der Waals surface area contributed by atoms with Gasteiger partial charge in [-0.1, -0.05) is 12.0 Å². The van der Waals surface area contributed by atoms with Crippen LogP contribution in [0.1, 0.15) is 41.0 Å². The van der Waals surface area contributed by atoms with E-state index in [0.717, 1.165) is 11.3 Å². The van der Waals surface area contributed by atoms with Crippen molar-refractivity contribution < 1.29 is 4.39 Å². The lowest BCUT2D eigenvalue weighted by Gasteiger charge is -2.28. The first-order valence-electron chi connectivity index (χ1n) is 5.57. The quantitative estimate of drug-likeness (QED) is 0.670. The average molecular weight is 221 g/mol. The highest BCUT2D eigenvalue weighted by Crippen LogP contribution is 2.28. The summed E-state index contributed by atoms with van der Waals surface area (Å²) in [6.07, 6.45) is 3.91. The van der Waals surface area contributed by atoms with Gasteiger partial charge in [-0.15, -0.1) is 5.92 Å². The lowest BCUT2D eigenvalue weighted by Crippen LogP contribution is -2.37. The minimum Gasteiger partial charge on any atom is -0.380 e. The normalized spacial score (nSPS) is 25.1. The molecule has 1 unspecified atom stereocenters. The van der Waals surface area contributed by atoms with Crippen LogP contribution < -0.4 is 5.32 Å². The Labute approximate surface area is 97.8 Å². The molecule has 0 aromatic rings. The molecule has 0 heterocycles. The summed E-state index contributed by atoms with van der Waals surface area (Å²) in [5.41, 5.74) is 0.387. The van der Waals surface area contributed by atoms with Crippen LogP contribution in [0.4, 0.5) is 4.39 Å². The number of allylic oxidation sites excluding steroid dienone is 3. The number of alkyl halides is 1. The van der Waals surface area contributed by atoms with Crippen molar-refractivity contribution in [1.29, 1.82) is 0 Å². The summed E-state index contributed by atoms with van der Waals surface area (Å²) in [6.45, 7) is 9.57. The molecule has 1 N–H and O–H groups in total. The van der Waals surface area contributed by atoms with Gasteiger partial charge in [-0.2, -0.15) is 0 Å². The van der Waals surface area contributed by atoms with Gasteiger partial charge in [0.2, 0.25) is 0 Å². The second-order valence-corrected chi connectivity index (χ2v) is 5.41. The van der Waals surface area contributed by atoms with Crippen LogP contribution in [-0.4, -0.2) is 11.2 Å². The van der Waals surface area contributed by atoms with Gasteiger partial charge >= 0.3 is 0 Å². The average Bonchev–Trinajstić information content (AvgIpc) is 2.08. The summed E-state index contributed by atoms with van der Waals surface area (Å²) in [6, 6.07) is 0. The highest BCUT2D eigenvalue weighted by Gasteiger charge is 2.26. The Hall–Kier alpha value is -1.23. The van der Waals surface area contributed by atoms with Gasteiger partial charge in [0.15, 0.2) is 0 Å². The topological polar surface area (TPSA) is 12.0 Å². The Morgan fingerprint density at radius 2 is 2.06 bits per heavy atom. The number of nitrogens with one attached hydrogen (secondary N) is 1. The van der Waals surface area contributed by atoms with Gasteiger partial charge in [-0.3, -0.25) is 0 Å². The lowest BCUT2D eigenvalue weighted by atomic mass is 9.92. The SMILES string of the molecule is CC#CC1=CC(C)(F)CC=C1NC(C)(C)C. The summed E-state index contributed by atoms with van der Waals surface area (Å²) in [4.78, 5) is 0. The molecule has 0 aromatic carbocycles. The van der Waals surface area contributed by atoms with E-state index in [2.05, 4.69) is 37.9 Å². The van der Waals surface area contributed by atoms with E-state index in [1.165, 1.54) is 0 Å². The van der Waals surface area contributed by atoms with Gasteiger partial charge in [0.1, 0.15) is 5.67 Å². The molecule has 2 heteroatoms. The predicted octanol–water partition coefficient (Wildman–Crippen LogP) is 3.34. The molecule has 1 aliphatic rings. The molecule has 1 aliphatic carbocycles. The summed E-state index contributed by atoms with van der Waals surface area (Å²) in [5, 5.41) is 3.35. The first kappa shape index (κ1) is 12.8. The van der Waals surface area contributed by atoms with E-state index in [1.807, 2.05) is 6.08 Å². The van der Waals surface area contributed by atoms with Crippen molar-refractivity contribution in [2.75, 3.05) is 0 Å². The minimum absolute atomic E-state index is 0.0373. The lowest BCUT2D eigenvalue weighted by molar-refractivity contribution is 0.256. The Kier molecular flexibility index (Phi) is 3.48. The van der Waals surface area contributed by atoms with E-state index >= 15 is 0 Å². The monoisotopic (exact) mass is 221 g/mol.